The third kappa shape index (κ3) is 4.07. The van der Waals surface area contributed by atoms with E-state index < -0.39 is 16.2 Å². The van der Waals surface area contributed by atoms with Crippen molar-refractivity contribution in [3.05, 3.63) is 127 Å². The van der Waals surface area contributed by atoms with Gasteiger partial charge in [0.15, 0.2) is 0 Å². The maximum atomic E-state index is 6.53. The SMILES string of the molecule is CO[Si](C)(c1ccccc1P(c1ccccc1)c1ccccc1)c1cccc2ccccc12. The van der Waals surface area contributed by atoms with Gasteiger partial charge in [-0.1, -0.05) is 127 Å². The fourth-order valence-electron chi connectivity index (χ4n) is 4.66. The molecule has 0 aliphatic rings. The molecule has 0 radical (unpaired) electrons. The van der Waals surface area contributed by atoms with Crippen LogP contribution in [0.25, 0.3) is 10.8 Å². The molecule has 162 valence electrons. The molecule has 3 heteroatoms. The molecule has 5 rings (SSSR count). The average Bonchev–Trinajstić information content (AvgIpc) is 2.90. The van der Waals surface area contributed by atoms with Gasteiger partial charge in [-0.3, -0.25) is 0 Å². The maximum absolute atomic E-state index is 6.53. The zero-order valence-corrected chi connectivity index (χ0v) is 20.9. The fraction of sp³-hybridized carbons (Fsp3) is 0.0667. The minimum atomic E-state index is -2.50. The molecule has 0 spiro atoms. The smallest absolute Gasteiger partial charge is 0.253 e. The summed E-state index contributed by atoms with van der Waals surface area (Å²) in [5.74, 6) is 0. The predicted octanol–water partition coefficient (Wildman–Crippen LogP) is 4.93. The molecule has 0 bridgehead atoms. The van der Waals surface area contributed by atoms with E-state index in [1.54, 1.807) is 0 Å². The summed E-state index contributed by atoms with van der Waals surface area (Å²) in [6.07, 6.45) is 0. The van der Waals surface area contributed by atoms with Crippen molar-refractivity contribution >= 4 is 53.3 Å². The first kappa shape index (κ1) is 21.8. The second kappa shape index (κ2) is 9.45. The molecular weight excluding hydrogens is 435 g/mol. The van der Waals surface area contributed by atoms with E-state index >= 15 is 0 Å². The molecule has 5 aromatic rings. The molecule has 0 heterocycles. The molecule has 0 fully saturated rings. The van der Waals surface area contributed by atoms with Crippen LogP contribution in [0.5, 0.6) is 0 Å². The van der Waals surface area contributed by atoms with Gasteiger partial charge in [-0.05, 0) is 51.5 Å². The average molecular weight is 463 g/mol. The number of benzene rings is 5. The summed E-state index contributed by atoms with van der Waals surface area (Å²) < 4.78 is 6.53. The Balaban J connectivity index is 1.77. The summed E-state index contributed by atoms with van der Waals surface area (Å²) >= 11 is 0. The Kier molecular flexibility index (Phi) is 6.24. The molecule has 33 heavy (non-hydrogen) atoms. The second-order valence-corrected chi connectivity index (χ2v) is 14.0. The molecule has 0 N–H and O–H groups in total. The molecule has 1 nitrogen and oxygen atoms in total. The number of hydrogen-bond donors (Lipinski definition) is 0. The van der Waals surface area contributed by atoms with Gasteiger partial charge >= 0.3 is 0 Å². The lowest BCUT2D eigenvalue weighted by Gasteiger charge is -2.32. The van der Waals surface area contributed by atoms with Crippen LogP contribution < -0.4 is 26.3 Å². The van der Waals surface area contributed by atoms with Crippen molar-refractivity contribution in [1.82, 2.24) is 0 Å². The molecule has 1 unspecified atom stereocenters. The lowest BCUT2D eigenvalue weighted by atomic mass is 10.1. The van der Waals surface area contributed by atoms with Gasteiger partial charge in [-0.25, -0.2) is 0 Å². The van der Waals surface area contributed by atoms with Crippen molar-refractivity contribution in [2.45, 2.75) is 6.55 Å². The largest absolute Gasteiger partial charge is 0.411 e. The van der Waals surface area contributed by atoms with Gasteiger partial charge in [-0.2, -0.15) is 0 Å². The van der Waals surface area contributed by atoms with E-state index in [0.29, 0.717) is 0 Å². The Morgan fingerprint density at radius 2 is 1.06 bits per heavy atom. The topological polar surface area (TPSA) is 9.23 Å². The summed E-state index contributed by atoms with van der Waals surface area (Å²) in [4.78, 5) is 0. The zero-order valence-electron chi connectivity index (χ0n) is 19.0. The first-order chi connectivity index (χ1) is 16.2. The van der Waals surface area contributed by atoms with E-state index in [4.69, 9.17) is 4.43 Å². The highest BCUT2D eigenvalue weighted by atomic mass is 31.1. The Hall–Kier alpha value is -3.03. The van der Waals surface area contributed by atoms with Gasteiger partial charge in [0.2, 0.25) is 0 Å². The van der Waals surface area contributed by atoms with Crippen molar-refractivity contribution < 1.29 is 4.43 Å². The summed E-state index contributed by atoms with van der Waals surface area (Å²) in [5, 5.41) is 9.32. The van der Waals surface area contributed by atoms with Crippen LogP contribution in [0.3, 0.4) is 0 Å². The highest BCUT2D eigenvalue weighted by Crippen LogP contribution is 2.33. The van der Waals surface area contributed by atoms with Gasteiger partial charge < -0.3 is 4.43 Å². The highest BCUT2D eigenvalue weighted by molar-refractivity contribution is 7.80. The van der Waals surface area contributed by atoms with Gasteiger partial charge in [0.05, 0.1) is 0 Å². The third-order valence-corrected chi connectivity index (χ3v) is 12.9. The van der Waals surface area contributed by atoms with Crippen LogP contribution in [-0.2, 0) is 4.43 Å². The van der Waals surface area contributed by atoms with Crippen molar-refractivity contribution in [3.63, 3.8) is 0 Å². The van der Waals surface area contributed by atoms with E-state index in [9.17, 15) is 0 Å². The Morgan fingerprint density at radius 3 is 1.73 bits per heavy atom. The molecule has 0 aromatic heterocycles. The van der Waals surface area contributed by atoms with E-state index in [0.717, 1.165) is 0 Å². The van der Waals surface area contributed by atoms with Crippen LogP contribution in [0.15, 0.2) is 127 Å². The van der Waals surface area contributed by atoms with Crippen LogP contribution in [0.1, 0.15) is 0 Å². The van der Waals surface area contributed by atoms with E-state index in [2.05, 4.69) is 134 Å². The van der Waals surface area contributed by atoms with Crippen molar-refractivity contribution in [2.24, 2.45) is 0 Å². The lowest BCUT2D eigenvalue weighted by molar-refractivity contribution is 0.422. The van der Waals surface area contributed by atoms with Gasteiger partial charge in [0, 0.05) is 7.11 Å². The minimum absolute atomic E-state index is 0.716. The molecule has 0 aliphatic heterocycles. The summed E-state index contributed by atoms with van der Waals surface area (Å²) in [5.41, 5.74) is 0. The van der Waals surface area contributed by atoms with Crippen LogP contribution in [0.4, 0.5) is 0 Å². The van der Waals surface area contributed by atoms with Crippen LogP contribution in [0.2, 0.25) is 6.55 Å². The molecule has 0 amide bonds. The summed E-state index contributed by atoms with van der Waals surface area (Å²) in [6, 6.07) is 46.1. The summed E-state index contributed by atoms with van der Waals surface area (Å²) in [6.45, 7) is 2.34. The maximum Gasteiger partial charge on any atom is 0.253 e. The summed E-state index contributed by atoms with van der Waals surface area (Å²) in [7, 11) is -1.33. The van der Waals surface area contributed by atoms with E-state index in [-0.39, 0.29) is 0 Å². The van der Waals surface area contributed by atoms with Crippen molar-refractivity contribution in [2.75, 3.05) is 7.11 Å². The van der Waals surface area contributed by atoms with Crippen molar-refractivity contribution in [1.29, 1.82) is 0 Å². The Bertz CT molecular complexity index is 1330. The normalized spacial score (nSPS) is 13.2. The van der Waals surface area contributed by atoms with E-state index in [1.807, 2.05) is 7.11 Å². The van der Waals surface area contributed by atoms with Gasteiger partial charge in [0.1, 0.15) is 0 Å². The van der Waals surface area contributed by atoms with Crippen LogP contribution >= 0.6 is 7.92 Å². The molecular formula is C30H27OPSi. The molecule has 0 aliphatic carbocycles. The molecule has 0 saturated carbocycles. The highest BCUT2D eigenvalue weighted by Gasteiger charge is 2.38. The lowest BCUT2D eigenvalue weighted by Crippen LogP contribution is -2.62. The van der Waals surface area contributed by atoms with Crippen LogP contribution in [-0.4, -0.2) is 15.4 Å². The van der Waals surface area contributed by atoms with E-state index in [1.165, 1.54) is 37.1 Å². The minimum Gasteiger partial charge on any atom is -0.411 e. The van der Waals surface area contributed by atoms with Gasteiger partial charge in [0.25, 0.3) is 8.32 Å². The number of rotatable bonds is 6. The second-order valence-electron chi connectivity index (χ2n) is 8.29. The Morgan fingerprint density at radius 1 is 0.545 bits per heavy atom. The number of fused-ring (bicyclic) bond motifs is 1. The zero-order chi connectivity index (χ0) is 22.7. The predicted molar refractivity (Wildman–Crippen MR) is 147 cm³/mol. The first-order valence-corrected chi connectivity index (χ1v) is 15.0. The quantitative estimate of drug-likeness (QED) is 0.257. The first-order valence-electron chi connectivity index (χ1n) is 11.3. The number of hydrogen-bond acceptors (Lipinski definition) is 1. The third-order valence-electron chi connectivity index (χ3n) is 6.40. The molecule has 5 aromatic carbocycles. The standard InChI is InChI=1S/C30H27OPSi/c1-31-33(2,29-23-13-15-24-14-9-10-20-27(24)29)30-22-12-11-21-28(30)32(25-16-5-3-6-17-25)26-18-7-4-8-19-26/h3-23H,1-2H3. The van der Waals surface area contributed by atoms with Crippen molar-refractivity contribution in [3.8, 4) is 0 Å². The molecule has 1 atom stereocenters. The fourth-order valence-corrected chi connectivity index (χ4v) is 10.9. The van der Waals surface area contributed by atoms with Gasteiger partial charge in [-0.15, -0.1) is 0 Å². The monoisotopic (exact) mass is 462 g/mol. The molecule has 0 saturated heterocycles. The van der Waals surface area contributed by atoms with Crippen LogP contribution in [0, 0.1) is 0 Å². The Labute approximate surface area is 198 Å².